The summed E-state index contributed by atoms with van der Waals surface area (Å²) in [6, 6.07) is 2.72. The van der Waals surface area contributed by atoms with E-state index < -0.39 is 30.8 Å². The number of ether oxygens (including phenoxy) is 1. The normalized spacial score (nSPS) is 21.6. The summed E-state index contributed by atoms with van der Waals surface area (Å²) in [7, 11) is 0. The van der Waals surface area contributed by atoms with Crippen LogP contribution in [0, 0.1) is 6.92 Å². The van der Waals surface area contributed by atoms with Gasteiger partial charge in [0.2, 0.25) is 0 Å². The van der Waals surface area contributed by atoms with Gasteiger partial charge in [-0.15, -0.1) is 16.4 Å². The lowest BCUT2D eigenvalue weighted by Gasteiger charge is -2.25. The van der Waals surface area contributed by atoms with Gasteiger partial charge in [-0.2, -0.15) is 0 Å². The molecule has 29 heavy (non-hydrogen) atoms. The zero-order valence-electron chi connectivity index (χ0n) is 15.9. The molecule has 0 spiro atoms. The molecule has 4 heterocycles. The average molecular weight is 425 g/mol. The van der Waals surface area contributed by atoms with Crippen LogP contribution in [0.1, 0.15) is 31.5 Å². The lowest BCUT2D eigenvalue weighted by atomic mass is 10.2. The molecule has 2 aliphatic heterocycles. The molecule has 0 aliphatic carbocycles. The smallest absolute Gasteiger partial charge is 0.276 e. The van der Waals surface area contributed by atoms with Crippen molar-refractivity contribution in [3.05, 3.63) is 33.8 Å². The molecule has 0 saturated carbocycles. The molecule has 2 aromatic rings. The summed E-state index contributed by atoms with van der Waals surface area (Å²) in [5.41, 5.74) is 0.156. The van der Waals surface area contributed by atoms with E-state index in [9.17, 15) is 18.4 Å². The molecule has 156 valence electrons. The van der Waals surface area contributed by atoms with E-state index in [0.29, 0.717) is 31.2 Å². The molecular formula is C18H21F2N5O3S. The first kappa shape index (κ1) is 19.9. The van der Waals surface area contributed by atoms with Crippen molar-refractivity contribution in [3.63, 3.8) is 0 Å². The number of carbonyl (C=O) groups is 2. The van der Waals surface area contributed by atoms with Crippen LogP contribution in [0.3, 0.4) is 0 Å². The van der Waals surface area contributed by atoms with E-state index >= 15 is 0 Å². The minimum Gasteiger partial charge on any atom is -0.378 e. The van der Waals surface area contributed by atoms with Gasteiger partial charge >= 0.3 is 0 Å². The summed E-state index contributed by atoms with van der Waals surface area (Å²) >= 11 is 1.28. The highest BCUT2D eigenvalue weighted by Crippen LogP contribution is 2.34. The molecule has 8 nitrogen and oxygen atoms in total. The van der Waals surface area contributed by atoms with Gasteiger partial charge in [-0.25, -0.2) is 13.5 Å². The predicted molar refractivity (Wildman–Crippen MR) is 100 cm³/mol. The Morgan fingerprint density at radius 1 is 1.28 bits per heavy atom. The second kappa shape index (κ2) is 7.79. The number of likely N-dealkylation sites (tertiary alicyclic amines) is 1. The van der Waals surface area contributed by atoms with Gasteiger partial charge in [0.05, 0.1) is 43.4 Å². The van der Waals surface area contributed by atoms with Crippen molar-refractivity contribution >= 4 is 23.2 Å². The third-order valence-electron chi connectivity index (χ3n) is 5.04. The van der Waals surface area contributed by atoms with Crippen LogP contribution in [-0.4, -0.2) is 81.4 Å². The fraction of sp³-hybridized carbons (Fsp3) is 0.556. The van der Waals surface area contributed by atoms with Crippen LogP contribution in [0.4, 0.5) is 8.78 Å². The lowest BCUT2D eigenvalue weighted by Crippen LogP contribution is -2.40. The number of amides is 2. The maximum atomic E-state index is 14.1. The third kappa shape index (κ3) is 4.30. The van der Waals surface area contributed by atoms with E-state index in [2.05, 4.69) is 10.3 Å². The van der Waals surface area contributed by atoms with Crippen LogP contribution < -0.4 is 0 Å². The molecule has 11 heteroatoms. The Bertz CT molecular complexity index is 909. The number of aryl methyl sites for hydroxylation is 1. The number of aromatic nitrogens is 3. The molecule has 2 fully saturated rings. The van der Waals surface area contributed by atoms with Crippen molar-refractivity contribution in [3.8, 4) is 0 Å². The highest BCUT2D eigenvalue weighted by atomic mass is 32.1. The second-order valence-electron chi connectivity index (χ2n) is 7.29. The first-order valence-electron chi connectivity index (χ1n) is 9.35. The van der Waals surface area contributed by atoms with E-state index in [-0.39, 0.29) is 18.1 Å². The van der Waals surface area contributed by atoms with Gasteiger partial charge in [0.1, 0.15) is 0 Å². The van der Waals surface area contributed by atoms with Crippen molar-refractivity contribution in [2.45, 2.75) is 31.9 Å². The fourth-order valence-electron chi connectivity index (χ4n) is 3.62. The number of thiophene rings is 1. The number of carbonyl (C=O) groups excluding carboxylic acids is 2. The number of rotatable bonds is 4. The van der Waals surface area contributed by atoms with E-state index in [1.165, 1.54) is 27.1 Å². The van der Waals surface area contributed by atoms with Gasteiger partial charge in [-0.3, -0.25) is 9.59 Å². The molecule has 0 bridgehead atoms. The SMILES string of the molecule is Cc1ccc(C(=O)N2CC(F)(F)CC2Cn2cc(C(=O)N3CCOCC3)nn2)s1. The zero-order chi connectivity index (χ0) is 20.6. The summed E-state index contributed by atoms with van der Waals surface area (Å²) in [6.07, 6.45) is 1.00. The van der Waals surface area contributed by atoms with Gasteiger partial charge in [0.15, 0.2) is 5.69 Å². The van der Waals surface area contributed by atoms with E-state index in [1.54, 1.807) is 17.0 Å². The topological polar surface area (TPSA) is 80.6 Å². The van der Waals surface area contributed by atoms with Gasteiger partial charge < -0.3 is 14.5 Å². The second-order valence-corrected chi connectivity index (χ2v) is 8.58. The number of hydrogen-bond acceptors (Lipinski definition) is 6. The Balaban J connectivity index is 1.47. The Kier molecular flexibility index (Phi) is 5.34. The number of alkyl halides is 2. The molecule has 2 saturated heterocycles. The molecule has 0 radical (unpaired) electrons. The maximum Gasteiger partial charge on any atom is 0.276 e. The van der Waals surface area contributed by atoms with Crippen LogP contribution in [0.2, 0.25) is 0 Å². The number of hydrogen-bond donors (Lipinski definition) is 0. The minimum absolute atomic E-state index is 0.0507. The van der Waals surface area contributed by atoms with Crippen molar-refractivity contribution in [2.24, 2.45) is 0 Å². The van der Waals surface area contributed by atoms with Crippen LogP contribution in [0.25, 0.3) is 0 Å². The van der Waals surface area contributed by atoms with Gasteiger partial charge in [0, 0.05) is 24.4 Å². The van der Waals surface area contributed by atoms with E-state index in [4.69, 9.17) is 4.74 Å². The van der Waals surface area contributed by atoms with E-state index in [1.807, 2.05) is 6.92 Å². The highest BCUT2D eigenvalue weighted by Gasteiger charge is 2.47. The molecule has 0 aromatic carbocycles. The molecule has 0 N–H and O–H groups in total. The Hall–Kier alpha value is -2.40. The zero-order valence-corrected chi connectivity index (χ0v) is 16.7. The van der Waals surface area contributed by atoms with Gasteiger partial charge in [0.25, 0.3) is 17.7 Å². The average Bonchev–Trinajstić information content (AvgIpc) is 3.40. The lowest BCUT2D eigenvalue weighted by molar-refractivity contribution is 0.0118. The third-order valence-corrected chi connectivity index (χ3v) is 6.03. The Morgan fingerprint density at radius 2 is 2.03 bits per heavy atom. The molecule has 2 aliphatic rings. The summed E-state index contributed by atoms with van der Waals surface area (Å²) < 4.78 is 34.8. The number of nitrogens with zero attached hydrogens (tertiary/aromatic N) is 5. The number of halogens is 2. The summed E-state index contributed by atoms with van der Waals surface area (Å²) in [5.74, 6) is -3.63. The minimum atomic E-state index is -2.96. The summed E-state index contributed by atoms with van der Waals surface area (Å²) in [6.45, 7) is 3.18. The molecule has 2 amide bonds. The maximum absolute atomic E-state index is 14.1. The standard InChI is InChI=1S/C18H21F2N5O3S/c1-12-2-3-15(29-12)17(27)25-11-18(19,20)8-13(25)9-24-10-14(21-22-24)16(26)23-4-6-28-7-5-23/h2-3,10,13H,4-9,11H2,1H3. The predicted octanol–water partition coefficient (Wildman–Crippen LogP) is 1.67. The monoisotopic (exact) mass is 425 g/mol. The van der Waals surface area contributed by atoms with E-state index in [0.717, 1.165) is 4.88 Å². The largest absolute Gasteiger partial charge is 0.378 e. The van der Waals surface area contributed by atoms with Gasteiger partial charge in [-0.05, 0) is 19.1 Å². The van der Waals surface area contributed by atoms with Crippen molar-refractivity contribution < 1.29 is 23.1 Å². The first-order valence-corrected chi connectivity index (χ1v) is 10.2. The van der Waals surface area contributed by atoms with Crippen molar-refractivity contribution in [1.82, 2.24) is 24.8 Å². The molecule has 1 unspecified atom stereocenters. The molecule has 2 aromatic heterocycles. The molecular weight excluding hydrogens is 404 g/mol. The van der Waals surface area contributed by atoms with Crippen LogP contribution in [0.5, 0.6) is 0 Å². The van der Waals surface area contributed by atoms with Crippen molar-refractivity contribution in [2.75, 3.05) is 32.8 Å². The van der Waals surface area contributed by atoms with Crippen LogP contribution in [0.15, 0.2) is 18.3 Å². The van der Waals surface area contributed by atoms with Crippen LogP contribution in [-0.2, 0) is 11.3 Å². The quantitative estimate of drug-likeness (QED) is 0.745. The summed E-state index contributed by atoms with van der Waals surface area (Å²) in [4.78, 5) is 29.4. The molecule has 1 atom stereocenters. The molecule has 4 rings (SSSR count). The highest BCUT2D eigenvalue weighted by molar-refractivity contribution is 7.13. The first-order chi connectivity index (χ1) is 13.8. The Labute approximate surface area is 170 Å². The fourth-order valence-corrected chi connectivity index (χ4v) is 4.44. The van der Waals surface area contributed by atoms with Crippen molar-refractivity contribution in [1.29, 1.82) is 0 Å². The Morgan fingerprint density at radius 3 is 2.72 bits per heavy atom. The van der Waals surface area contributed by atoms with Crippen LogP contribution >= 0.6 is 11.3 Å². The summed E-state index contributed by atoms with van der Waals surface area (Å²) in [5, 5.41) is 7.81. The number of morpholine rings is 1. The van der Waals surface area contributed by atoms with Gasteiger partial charge in [-0.1, -0.05) is 5.21 Å².